The molecule has 0 aromatic carbocycles. The lowest BCUT2D eigenvalue weighted by Crippen LogP contribution is -2.46. The van der Waals surface area contributed by atoms with Gasteiger partial charge in [0.05, 0.1) is 0 Å². The third-order valence-corrected chi connectivity index (χ3v) is 3.56. The third-order valence-electron chi connectivity index (χ3n) is 3.56. The first-order chi connectivity index (χ1) is 5.29. The molecule has 64 valence electrons. The summed E-state index contributed by atoms with van der Waals surface area (Å²) in [6.45, 7) is 0. The van der Waals surface area contributed by atoms with Gasteiger partial charge in [-0.1, -0.05) is 6.42 Å². The topological polar surface area (TPSA) is 52.0 Å². The highest BCUT2D eigenvalue weighted by molar-refractivity contribution is 4.94. The first kappa shape index (κ1) is 7.56. The molecule has 2 heteroatoms. The van der Waals surface area contributed by atoms with Crippen LogP contribution < -0.4 is 11.5 Å². The second-order valence-electron chi connectivity index (χ2n) is 4.16. The number of fused-ring (bicyclic) bond motifs is 1. The van der Waals surface area contributed by atoms with Crippen molar-refractivity contribution < 1.29 is 0 Å². The largest absolute Gasteiger partial charge is 0.327 e. The lowest BCUT2D eigenvalue weighted by atomic mass is 9.75. The van der Waals surface area contributed by atoms with Crippen LogP contribution in [0.15, 0.2) is 0 Å². The van der Waals surface area contributed by atoms with E-state index < -0.39 is 0 Å². The van der Waals surface area contributed by atoms with Crippen LogP contribution in [0.5, 0.6) is 0 Å². The molecule has 0 amide bonds. The highest BCUT2D eigenvalue weighted by Gasteiger charge is 2.38. The van der Waals surface area contributed by atoms with Gasteiger partial charge in [-0.3, -0.25) is 0 Å². The van der Waals surface area contributed by atoms with Crippen LogP contribution in [0.3, 0.4) is 0 Å². The minimum absolute atomic E-state index is 0.460. The molecule has 2 fully saturated rings. The Hall–Kier alpha value is -0.0800. The fourth-order valence-electron chi connectivity index (χ4n) is 2.89. The average molecular weight is 154 g/mol. The first-order valence-corrected chi connectivity index (χ1v) is 4.80. The van der Waals surface area contributed by atoms with Gasteiger partial charge in [0.25, 0.3) is 0 Å². The molecule has 0 radical (unpaired) electrons. The van der Waals surface area contributed by atoms with E-state index in [4.69, 9.17) is 11.5 Å². The van der Waals surface area contributed by atoms with E-state index in [9.17, 15) is 0 Å². The fourth-order valence-corrected chi connectivity index (χ4v) is 2.89. The molecular formula is C9H18N2. The van der Waals surface area contributed by atoms with E-state index in [1.54, 1.807) is 0 Å². The van der Waals surface area contributed by atoms with Crippen molar-refractivity contribution in [1.82, 2.24) is 0 Å². The molecule has 4 atom stereocenters. The molecule has 0 heterocycles. The molecule has 0 spiro atoms. The lowest BCUT2D eigenvalue weighted by molar-refractivity contribution is 0.208. The highest BCUT2D eigenvalue weighted by Crippen LogP contribution is 2.40. The zero-order valence-electron chi connectivity index (χ0n) is 7.00. The molecule has 0 aliphatic heterocycles. The van der Waals surface area contributed by atoms with E-state index in [0.717, 1.165) is 24.7 Å². The fraction of sp³-hybridized carbons (Fsp3) is 1.00. The summed E-state index contributed by atoms with van der Waals surface area (Å²) in [5, 5.41) is 0. The predicted molar refractivity (Wildman–Crippen MR) is 46.0 cm³/mol. The van der Waals surface area contributed by atoms with Crippen molar-refractivity contribution in [3.8, 4) is 0 Å². The van der Waals surface area contributed by atoms with Crippen molar-refractivity contribution in [2.75, 3.05) is 0 Å². The Morgan fingerprint density at radius 1 is 0.727 bits per heavy atom. The molecule has 11 heavy (non-hydrogen) atoms. The number of rotatable bonds is 0. The maximum absolute atomic E-state index is 6.03. The summed E-state index contributed by atoms with van der Waals surface area (Å²) in [5.41, 5.74) is 12.1. The molecule has 0 aromatic heterocycles. The van der Waals surface area contributed by atoms with Gasteiger partial charge in [-0.25, -0.2) is 0 Å². The summed E-state index contributed by atoms with van der Waals surface area (Å²) in [6.07, 6.45) is 6.33. The van der Waals surface area contributed by atoms with Crippen molar-refractivity contribution in [2.45, 2.75) is 44.2 Å². The maximum Gasteiger partial charge on any atom is 0.00709 e. The summed E-state index contributed by atoms with van der Waals surface area (Å²) in [4.78, 5) is 0. The molecule has 4 N–H and O–H groups in total. The van der Waals surface area contributed by atoms with Crippen LogP contribution in [-0.2, 0) is 0 Å². The minimum Gasteiger partial charge on any atom is -0.327 e. The van der Waals surface area contributed by atoms with Crippen molar-refractivity contribution in [2.24, 2.45) is 23.3 Å². The van der Waals surface area contributed by atoms with Gasteiger partial charge in [-0.15, -0.1) is 0 Å². The summed E-state index contributed by atoms with van der Waals surface area (Å²) < 4.78 is 0. The molecule has 0 aromatic rings. The van der Waals surface area contributed by atoms with Crippen LogP contribution in [-0.4, -0.2) is 12.1 Å². The summed E-state index contributed by atoms with van der Waals surface area (Å²) in [6, 6.07) is 0.921. The lowest BCUT2D eigenvalue weighted by Gasteiger charge is -2.35. The Balaban J connectivity index is 2.08. The third kappa shape index (κ3) is 1.18. The van der Waals surface area contributed by atoms with Gasteiger partial charge in [0.2, 0.25) is 0 Å². The SMILES string of the molecule is NC1CCC(N)C2CCCC12. The Labute approximate surface area is 68.3 Å². The predicted octanol–water partition coefficient (Wildman–Crippen LogP) is 0.851. The zero-order chi connectivity index (χ0) is 7.84. The molecule has 0 saturated heterocycles. The van der Waals surface area contributed by atoms with Crippen LogP contribution in [0, 0.1) is 11.8 Å². The second kappa shape index (κ2) is 2.76. The van der Waals surface area contributed by atoms with E-state index in [1.807, 2.05) is 0 Å². The number of nitrogens with two attached hydrogens (primary N) is 2. The summed E-state index contributed by atoms with van der Waals surface area (Å²) >= 11 is 0. The zero-order valence-corrected chi connectivity index (χ0v) is 7.00. The smallest absolute Gasteiger partial charge is 0.00709 e. The van der Waals surface area contributed by atoms with E-state index in [-0.39, 0.29) is 0 Å². The van der Waals surface area contributed by atoms with E-state index >= 15 is 0 Å². The molecule has 2 saturated carbocycles. The van der Waals surface area contributed by atoms with Crippen molar-refractivity contribution in [3.05, 3.63) is 0 Å². The Morgan fingerprint density at radius 2 is 1.18 bits per heavy atom. The highest BCUT2D eigenvalue weighted by atomic mass is 14.8. The van der Waals surface area contributed by atoms with Gasteiger partial charge in [0.1, 0.15) is 0 Å². The van der Waals surface area contributed by atoms with Crippen molar-refractivity contribution in [3.63, 3.8) is 0 Å². The summed E-state index contributed by atoms with van der Waals surface area (Å²) in [7, 11) is 0. The van der Waals surface area contributed by atoms with Crippen LogP contribution in [0.2, 0.25) is 0 Å². The Morgan fingerprint density at radius 3 is 1.64 bits per heavy atom. The normalized spacial score (nSPS) is 50.7. The minimum atomic E-state index is 0.460. The molecule has 2 rings (SSSR count). The summed E-state index contributed by atoms with van der Waals surface area (Å²) in [5.74, 6) is 1.53. The van der Waals surface area contributed by atoms with Gasteiger partial charge in [0.15, 0.2) is 0 Å². The molecular weight excluding hydrogens is 136 g/mol. The molecule has 2 nitrogen and oxygen atoms in total. The average Bonchev–Trinajstić information content (AvgIpc) is 2.45. The Kier molecular flexibility index (Phi) is 1.90. The van der Waals surface area contributed by atoms with E-state index in [1.165, 1.54) is 19.3 Å². The van der Waals surface area contributed by atoms with Gasteiger partial charge < -0.3 is 11.5 Å². The standard InChI is InChI=1S/C9H18N2/c10-8-4-5-9(11)7-3-1-2-6(7)8/h6-9H,1-5,10-11H2. The van der Waals surface area contributed by atoms with Crippen LogP contribution in [0.4, 0.5) is 0 Å². The van der Waals surface area contributed by atoms with E-state index in [0.29, 0.717) is 12.1 Å². The molecule has 2 aliphatic carbocycles. The monoisotopic (exact) mass is 154 g/mol. The van der Waals surface area contributed by atoms with Crippen LogP contribution in [0.1, 0.15) is 32.1 Å². The molecule has 2 aliphatic rings. The van der Waals surface area contributed by atoms with Crippen molar-refractivity contribution in [1.29, 1.82) is 0 Å². The van der Waals surface area contributed by atoms with Crippen LogP contribution in [0.25, 0.3) is 0 Å². The molecule has 4 unspecified atom stereocenters. The maximum atomic E-state index is 6.03. The van der Waals surface area contributed by atoms with E-state index in [2.05, 4.69) is 0 Å². The van der Waals surface area contributed by atoms with Gasteiger partial charge in [0, 0.05) is 12.1 Å². The van der Waals surface area contributed by atoms with Crippen molar-refractivity contribution >= 4 is 0 Å². The number of hydrogen-bond acceptors (Lipinski definition) is 2. The second-order valence-corrected chi connectivity index (χ2v) is 4.16. The Bertz CT molecular complexity index is 130. The van der Waals surface area contributed by atoms with Gasteiger partial charge in [-0.2, -0.15) is 0 Å². The van der Waals surface area contributed by atoms with Gasteiger partial charge >= 0.3 is 0 Å². The quantitative estimate of drug-likeness (QED) is 0.543. The van der Waals surface area contributed by atoms with Gasteiger partial charge in [-0.05, 0) is 37.5 Å². The number of hydrogen-bond donors (Lipinski definition) is 2. The molecule has 0 bridgehead atoms. The van der Waals surface area contributed by atoms with Crippen LogP contribution >= 0.6 is 0 Å². The first-order valence-electron chi connectivity index (χ1n) is 4.80.